The van der Waals surface area contributed by atoms with Gasteiger partial charge in [0.1, 0.15) is 0 Å². The summed E-state index contributed by atoms with van der Waals surface area (Å²) in [6.07, 6.45) is 0.989. The van der Waals surface area contributed by atoms with Crippen molar-refractivity contribution in [2.24, 2.45) is 0 Å². The van der Waals surface area contributed by atoms with E-state index >= 15 is 0 Å². The molecule has 2 aliphatic rings. The van der Waals surface area contributed by atoms with Crippen LogP contribution in [0.1, 0.15) is 19.4 Å². The molecule has 0 radical (unpaired) electrons. The summed E-state index contributed by atoms with van der Waals surface area (Å²) in [6, 6.07) is 7.81. The van der Waals surface area contributed by atoms with Gasteiger partial charge < -0.3 is 15.0 Å². The number of amides is 2. The van der Waals surface area contributed by atoms with Gasteiger partial charge in [-0.2, -0.15) is 0 Å². The van der Waals surface area contributed by atoms with Gasteiger partial charge in [0.15, 0.2) is 0 Å². The van der Waals surface area contributed by atoms with Crippen LogP contribution in [-0.4, -0.2) is 91.6 Å². The third-order valence-electron chi connectivity index (χ3n) is 5.69. The Bertz CT molecular complexity index is 650. The topological polar surface area (TPSA) is 65.1 Å². The Morgan fingerprint density at radius 3 is 2.29 bits per heavy atom. The van der Waals surface area contributed by atoms with E-state index in [-0.39, 0.29) is 17.9 Å². The molecule has 154 valence electrons. The Hall–Kier alpha value is -1.96. The smallest absolute Gasteiger partial charge is 0.241 e. The van der Waals surface area contributed by atoms with Crippen molar-refractivity contribution >= 4 is 17.5 Å². The van der Waals surface area contributed by atoms with Crippen molar-refractivity contribution < 1.29 is 14.3 Å². The van der Waals surface area contributed by atoms with E-state index in [4.69, 9.17) is 4.74 Å². The Morgan fingerprint density at radius 1 is 1.04 bits per heavy atom. The Morgan fingerprint density at radius 2 is 1.68 bits per heavy atom. The molecule has 1 N–H and O–H groups in total. The highest BCUT2D eigenvalue weighted by molar-refractivity contribution is 5.94. The molecule has 2 fully saturated rings. The first-order chi connectivity index (χ1) is 13.6. The van der Waals surface area contributed by atoms with Crippen LogP contribution in [0.15, 0.2) is 24.3 Å². The van der Waals surface area contributed by atoms with E-state index < -0.39 is 0 Å². The number of nitrogens with one attached hydrogen (secondary N) is 1. The number of carbonyl (C=O) groups excluding carboxylic acids is 2. The second-order valence-electron chi connectivity index (χ2n) is 7.52. The number of aryl methyl sites for hydroxylation is 1. The predicted octanol–water partition coefficient (Wildman–Crippen LogP) is 1.05. The van der Waals surface area contributed by atoms with E-state index in [1.165, 1.54) is 5.56 Å². The molecular formula is C21H32N4O3. The molecule has 7 nitrogen and oxygen atoms in total. The van der Waals surface area contributed by atoms with Crippen molar-refractivity contribution in [3.63, 3.8) is 0 Å². The van der Waals surface area contributed by atoms with Crippen molar-refractivity contribution in [1.29, 1.82) is 0 Å². The van der Waals surface area contributed by atoms with Crippen LogP contribution in [0.5, 0.6) is 0 Å². The van der Waals surface area contributed by atoms with Crippen LogP contribution in [0.25, 0.3) is 0 Å². The maximum atomic E-state index is 12.6. The summed E-state index contributed by atoms with van der Waals surface area (Å²) in [5, 5.41) is 3.01. The fourth-order valence-corrected chi connectivity index (χ4v) is 3.65. The van der Waals surface area contributed by atoms with Gasteiger partial charge in [-0.1, -0.05) is 19.1 Å². The zero-order chi connectivity index (χ0) is 19.9. The molecule has 2 aliphatic heterocycles. The molecular weight excluding hydrogens is 356 g/mol. The number of anilines is 1. The molecule has 1 aromatic carbocycles. The summed E-state index contributed by atoms with van der Waals surface area (Å²) in [5.74, 6) is 0.195. The summed E-state index contributed by atoms with van der Waals surface area (Å²) in [5.41, 5.74) is 2.09. The van der Waals surface area contributed by atoms with Crippen molar-refractivity contribution in [3.8, 4) is 0 Å². The summed E-state index contributed by atoms with van der Waals surface area (Å²) in [7, 11) is 0. The first-order valence-corrected chi connectivity index (χ1v) is 10.3. The summed E-state index contributed by atoms with van der Waals surface area (Å²) >= 11 is 0. The number of ether oxygens (including phenoxy) is 1. The van der Waals surface area contributed by atoms with E-state index in [1.807, 2.05) is 36.1 Å². The minimum Gasteiger partial charge on any atom is -0.378 e. The molecule has 2 saturated heterocycles. The average Bonchev–Trinajstić information content (AvgIpc) is 2.75. The van der Waals surface area contributed by atoms with Gasteiger partial charge >= 0.3 is 0 Å². The Kier molecular flexibility index (Phi) is 7.42. The lowest BCUT2D eigenvalue weighted by Gasteiger charge is -2.38. The minimum absolute atomic E-state index is 0.0158. The van der Waals surface area contributed by atoms with Gasteiger partial charge in [-0.25, -0.2) is 0 Å². The monoisotopic (exact) mass is 388 g/mol. The highest BCUT2D eigenvalue weighted by Crippen LogP contribution is 2.13. The van der Waals surface area contributed by atoms with Gasteiger partial charge in [0.2, 0.25) is 11.8 Å². The first kappa shape index (κ1) is 20.8. The van der Waals surface area contributed by atoms with E-state index in [0.717, 1.165) is 38.3 Å². The van der Waals surface area contributed by atoms with Crippen LogP contribution in [-0.2, 0) is 20.7 Å². The molecule has 1 atom stereocenters. The fraction of sp³-hybridized carbons (Fsp3) is 0.619. The molecule has 0 saturated carbocycles. The normalized spacial score (nSPS) is 20.0. The summed E-state index contributed by atoms with van der Waals surface area (Å²) in [4.78, 5) is 31.2. The maximum Gasteiger partial charge on any atom is 0.241 e. The molecule has 2 amide bonds. The predicted molar refractivity (Wildman–Crippen MR) is 109 cm³/mol. The fourth-order valence-electron chi connectivity index (χ4n) is 3.65. The number of morpholine rings is 1. The number of rotatable bonds is 6. The van der Waals surface area contributed by atoms with Gasteiger partial charge in [-0.15, -0.1) is 0 Å². The minimum atomic E-state index is -0.192. The summed E-state index contributed by atoms with van der Waals surface area (Å²) < 4.78 is 5.30. The lowest BCUT2D eigenvalue weighted by molar-refractivity contribution is -0.137. The molecule has 0 bridgehead atoms. The molecule has 0 unspecified atom stereocenters. The van der Waals surface area contributed by atoms with Crippen LogP contribution >= 0.6 is 0 Å². The third kappa shape index (κ3) is 5.53. The number of carbonyl (C=O) groups is 2. The van der Waals surface area contributed by atoms with E-state index in [0.29, 0.717) is 32.8 Å². The molecule has 2 heterocycles. The maximum absolute atomic E-state index is 12.6. The van der Waals surface area contributed by atoms with Crippen molar-refractivity contribution in [2.45, 2.75) is 26.3 Å². The average molecular weight is 389 g/mol. The van der Waals surface area contributed by atoms with E-state index in [2.05, 4.69) is 22.0 Å². The van der Waals surface area contributed by atoms with E-state index in [9.17, 15) is 9.59 Å². The first-order valence-electron chi connectivity index (χ1n) is 10.3. The van der Waals surface area contributed by atoms with Gasteiger partial charge in [-0.05, 0) is 31.0 Å². The van der Waals surface area contributed by atoms with Gasteiger partial charge in [0, 0.05) is 45.0 Å². The lowest BCUT2D eigenvalue weighted by atomic mass is 10.1. The molecule has 28 heavy (non-hydrogen) atoms. The highest BCUT2D eigenvalue weighted by atomic mass is 16.5. The van der Waals surface area contributed by atoms with Crippen LogP contribution in [0, 0.1) is 0 Å². The van der Waals surface area contributed by atoms with Crippen LogP contribution < -0.4 is 5.32 Å². The number of nitrogens with zero attached hydrogens (tertiary/aromatic N) is 3. The zero-order valence-corrected chi connectivity index (χ0v) is 17.0. The molecule has 3 rings (SSSR count). The largest absolute Gasteiger partial charge is 0.378 e. The molecule has 0 spiro atoms. The van der Waals surface area contributed by atoms with Crippen molar-refractivity contribution in [2.75, 3.05) is 64.3 Å². The van der Waals surface area contributed by atoms with Crippen molar-refractivity contribution in [1.82, 2.24) is 14.7 Å². The zero-order valence-electron chi connectivity index (χ0n) is 17.0. The molecule has 1 aromatic rings. The SMILES string of the molecule is CCc1ccc(NC(=O)[C@H](C)N2CCN(CC(=O)N3CCOCC3)CC2)cc1. The number of hydrogen-bond donors (Lipinski definition) is 1. The highest BCUT2D eigenvalue weighted by Gasteiger charge is 2.27. The van der Waals surface area contributed by atoms with Crippen LogP contribution in [0.4, 0.5) is 5.69 Å². The number of piperazine rings is 1. The van der Waals surface area contributed by atoms with Gasteiger partial charge in [-0.3, -0.25) is 19.4 Å². The molecule has 0 aliphatic carbocycles. The Balaban J connectivity index is 1.42. The lowest BCUT2D eigenvalue weighted by Crippen LogP contribution is -2.55. The third-order valence-corrected chi connectivity index (χ3v) is 5.69. The molecule has 0 aromatic heterocycles. The standard InChI is InChI=1S/C21H32N4O3/c1-3-18-4-6-19(7-5-18)22-21(27)17(2)24-10-8-23(9-11-24)16-20(26)25-12-14-28-15-13-25/h4-7,17H,3,8-16H2,1-2H3,(H,22,27)/t17-/m0/s1. The van der Waals surface area contributed by atoms with Gasteiger partial charge in [0.05, 0.1) is 25.8 Å². The molecule has 7 heteroatoms. The van der Waals surface area contributed by atoms with E-state index in [1.54, 1.807) is 0 Å². The summed E-state index contributed by atoms with van der Waals surface area (Å²) in [6.45, 7) is 10.4. The van der Waals surface area contributed by atoms with Crippen LogP contribution in [0.2, 0.25) is 0 Å². The van der Waals surface area contributed by atoms with Crippen molar-refractivity contribution in [3.05, 3.63) is 29.8 Å². The quantitative estimate of drug-likeness (QED) is 0.789. The second kappa shape index (κ2) is 10.0. The van der Waals surface area contributed by atoms with Gasteiger partial charge in [0.25, 0.3) is 0 Å². The second-order valence-corrected chi connectivity index (χ2v) is 7.52. The Labute approximate surface area is 167 Å². The van der Waals surface area contributed by atoms with Crippen LogP contribution in [0.3, 0.4) is 0 Å². The number of hydrogen-bond acceptors (Lipinski definition) is 5. The number of benzene rings is 1.